The average Bonchev–Trinajstić information content (AvgIpc) is 2.48. The minimum absolute atomic E-state index is 0.340. The van der Waals surface area contributed by atoms with Gasteiger partial charge in [-0.3, -0.25) is 0 Å². The molecule has 2 amide bonds. The van der Waals surface area contributed by atoms with Gasteiger partial charge in [-0.2, -0.15) is 0 Å². The van der Waals surface area contributed by atoms with Crippen molar-refractivity contribution in [3.63, 3.8) is 0 Å². The summed E-state index contributed by atoms with van der Waals surface area (Å²) in [4.78, 5) is 12.0. The van der Waals surface area contributed by atoms with Crippen molar-refractivity contribution in [2.45, 2.75) is 6.92 Å². The molecular formula is C16H18N2O3. The number of para-hydroxylation sites is 2. The van der Waals surface area contributed by atoms with Crippen molar-refractivity contribution in [2.75, 3.05) is 24.4 Å². The van der Waals surface area contributed by atoms with Crippen LogP contribution in [0, 0.1) is 0 Å². The predicted octanol–water partition coefficient (Wildman–Crippen LogP) is 3.74. The molecule has 2 rings (SSSR count). The second kappa shape index (κ2) is 7.19. The molecule has 0 bridgehead atoms. The van der Waals surface area contributed by atoms with Crippen LogP contribution >= 0.6 is 0 Å². The minimum atomic E-state index is -0.340. The van der Waals surface area contributed by atoms with Gasteiger partial charge >= 0.3 is 6.03 Å². The number of ether oxygens (including phenoxy) is 2. The molecule has 21 heavy (non-hydrogen) atoms. The summed E-state index contributed by atoms with van der Waals surface area (Å²) in [5.41, 5.74) is 1.27. The van der Waals surface area contributed by atoms with Crippen LogP contribution in [0.15, 0.2) is 48.5 Å². The molecule has 0 aliphatic carbocycles. The summed E-state index contributed by atoms with van der Waals surface area (Å²) in [6, 6.07) is 14.1. The van der Waals surface area contributed by atoms with Crippen LogP contribution in [0.5, 0.6) is 11.5 Å². The maximum Gasteiger partial charge on any atom is 0.323 e. The third kappa shape index (κ3) is 4.14. The van der Waals surface area contributed by atoms with E-state index in [9.17, 15) is 4.79 Å². The molecule has 2 aromatic rings. The van der Waals surface area contributed by atoms with E-state index in [0.717, 1.165) is 0 Å². The standard InChI is InChI=1S/C16H18N2O3/c1-3-21-13-8-6-7-12(11-13)17-16(19)18-14-9-4-5-10-15(14)20-2/h4-11H,3H2,1-2H3,(H2,17,18,19). The smallest absolute Gasteiger partial charge is 0.323 e. The highest BCUT2D eigenvalue weighted by Crippen LogP contribution is 2.23. The molecule has 0 unspecified atom stereocenters. The highest BCUT2D eigenvalue weighted by molar-refractivity contribution is 6.00. The van der Waals surface area contributed by atoms with Gasteiger partial charge in [-0.05, 0) is 31.2 Å². The number of carbonyl (C=O) groups excluding carboxylic acids is 1. The molecule has 0 spiro atoms. The Labute approximate surface area is 123 Å². The summed E-state index contributed by atoms with van der Waals surface area (Å²) >= 11 is 0. The van der Waals surface area contributed by atoms with E-state index in [1.807, 2.05) is 31.2 Å². The number of hydrogen-bond donors (Lipinski definition) is 2. The van der Waals surface area contributed by atoms with Crippen molar-refractivity contribution >= 4 is 17.4 Å². The quantitative estimate of drug-likeness (QED) is 0.880. The number of amides is 2. The van der Waals surface area contributed by atoms with Crippen molar-refractivity contribution in [1.29, 1.82) is 0 Å². The van der Waals surface area contributed by atoms with Crippen LogP contribution in [0.1, 0.15) is 6.92 Å². The molecule has 5 heteroatoms. The molecule has 0 aliphatic heterocycles. The van der Waals surface area contributed by atoms with Gasteiger partial charge in [-0.1, -0.05) is 18.2 Å². The molecule has 0 fully saturated rings. The van der Waals surface area contributed by atoms with E-state index < -0.39 is 0 Å². The SMILES string of the molecule is CCOc1cccc(NC(=O)Nc2ccccc2OC)c1. The van der Waals surface area contributed by atoms with E-state index in [-0.39, 0.29) is 6.03 Å². The third-order valence-corrected chi connectivity index (χ3v) is 2.76. The lowest BCUT2D eigenvalue weighted by atomic mass is 10.3. The monoisotopic (exact) mass is 286 g/mol. The van der Waals surface area contributed by atoms with Crippen LogP contribution in [0.25, 0.3) is 0 Å². The number of methoxy groups -OCH3 is 1. The van der Waals surface area contributed by atoms with Gasteiger partial charge in [-0.25, -0.2) is 4.79 Å². The van der Waals surface area contributed by atoms with Crippen LogP contribution in [-0.4, -0.2) is 19.7 Å². The van der Waals surface area contributed by atoms with Crippen LogP contribution in [0.3, 0.4) is 0 Å². The van der Waals surface area contributed by atoms with Gasteiger partial charge < -0.3 is 20.1 Å². The molecule has 0 saturated heterocycles. The number of benzene rings is 2. The maximum atomic E-state index is 12.0. The zero-order valence-electron chi connectivity index (χ0n) is 12.1. The van der Waals surface area contributed by atoms with Crippen LogP contribution < -0.4 is 20.1 Å². The molecular weight excluding hydrogens is 268 g/mol. The van der Waals surface area contributed by atoms with Gasteiger partial charge in [0.1, 0.15) is 11.5 Å². The Balaban J connectivity index is 2.03. The number of urea groups is 1. The molecule has 110 valence electrons. The van der Waals surface area contributed by atoms with E-state index in [2.05, 4.69) is 10.6 Å². The van der Waals surface area contributed by atoms with E-state index >= 15 is 0 Å². The van der Waals surface area contributed by atoms with Crippen molar-refractivity contribution < 1.29 is 14.3 Å². The second-order valence-electron chi connectivity index (χ2n) is 4.24. The summed E-state index contributed by atoms with van der Waals surface area (Å²) in [5.74, 6) is 1.32. The lowest BCUT2D eigenvalue weighted by molar-refractivity contribution is 0.262. The summed E-state index contributed by atoms with van der Waals surface area (Å²) < 4.78 is 10.6. The molecule has 2 aromatic carbocycles. The maximum absolute atomic E-state index is 12.0. The first-order valence-corrected chi connectivity index (χ1v) is 6.67. The molecule has 2 N–H and O–H groups in total. The van der Waals surface area contributed by atoms with Crippen LogP contribution in [0.4, 0.5) is 16.2 Å². The predicted molar refractivity (Wildman–Crippen MR) is 83.2 cm³/mol. The van der Waals surface area contributed by atoms with Crippen molar-refractivity contribution in [1.82, 2.24) is 0 Å². The molecule has 0 saturated carbocycles. The summed E-state index contributed by atoms with van der Waals surface area (Å²) in [6.07, 6.45) is 0. The fourth-order valence-corrected chi connectivity index (χ4v) is 1.86. The summed E-state index contributed by atoms with van der Waals surface area (Å²) in [7, 11) is 1.56. The number of rotatable bonds is 5. The third-order valence-electron chi connectivity index (χ3n) is 2.76. The normalized spacial score (nSPS) is 9.81. The zero-order chi connectivity index (χ0) is 15.1. The Bertz CT molecular complexity index is 614. The minimum Gasteiger partial charge on any atom is -0.495 e. The van der Waals surface area contributed by atoms with Gasteiger partial charge in [0, 0.05) is 11.8 Å². The molecule has 0 heterocycles. The first kappa shape index (κ1) is 14.7. The van der Waals surface area contributed by atoms with E-state index in [4.69, 9.17) is 9.47 Å². The Morgan fingerprint density at radius 3 is 2.67 bits per heavy atom. The van der Waals surface area contributed by atoms with Gasteiger partial charge in [0.25, 0.3) is 0 Å². The molecule has 0 atom stereocenters. The second-order valence-corrected chi connectivity index (χ2v) is 4.24. The fraction of sp³-hybridized carbons (Fsp3) is 0.188. The number of anilines is 2. The average molecular weight is 286 g/mol. The molecule has 5 nitrogen and oxygen atoms in total. The zero-order valence-corrected chi connectivity index (χ0v) is 12.1. The van der Waals surface area contributed by atoms with Gasteiger partial charge in [0.15, 0.2) is 0 Å². The Kier molecular flexibility index (Phi) is 5.04. The van der Waals surface area contributed by atoms with Crippen LogP contribution in [0.2, 0.25) is 0 Å². The number of carbonyl (C=O) groups is 1. The molecule has 0 aromatic heterocycles. The van der Waals surface area contributed by atoms with E-state index in [0.29, 0.717) is 29.5 Å². The topological polar surface area (TPSA) is 59.6 Å². The Hall–Kier alpha value is -2.69. The largest absolute Gasteiger partial charge is 0.495 e. The lowest BCUT2D eigenvalue weighted by Crippen LogP contribution is -2.19. The fourth-order valence-electron chi connectivity index (χ4n) is 1.86. The number of hydrogen-bond acceptors (Lipinski definition) is 3. The highest BCUT2D eigenvalue weighted by atomic mass is 16.5. The van der Waals surface area contributed by atoms with Crippen molar-refractivity contribution in [3.05, 3.63) is 48.5 Å². The Morgan fingerprint density at radius 1 is 1.10 bits per heavy atom. The highest BCUT2D eigenvalue weighted by Gasteiger charge is 2.07. The van der Waals surface area contributed by atoms with Crippen LogP contribution in [-0.2, 0) is 0 Å². The summed E-state index contributed by atoms with van der Waals surface area (Å²) in [6.45, 7) is 2.49. The number of nitrogens with one attached hydrogen (secondary N) is 2. The van der Waals surface area contributed by atoms with Gasteiger partial charge in [0.2, 0.25) is 0 Å². The first-order chi connectivity index (χ1) is 10.2. The van der Waals surface area contributed by atoms with Gasteiger partial charge in [-0.15, -0.1) is 0 Å². The lowest BCUT2D eigenvalue weighted by Gasteiger charge is -2.11. The Morgan fingerprint density at radius 2 is 1.90 bits per heavy atom. The van der Waals surface area contributed by atoms with Crippen molar-refractivity contribution in [3.8, 4) is 11.5 Å². The van der Waals surface area contributed by atoms with Crippen molar-refractivity contribution in [2.24, 2.45) is 0 Å². The first-order valence-electron chi connectivity index (χ1n) is 6.67. The molecule has 0 aliphatic rings. The molecule has 0 radical (unpaired) electrons. The van der Waals surface area contributed by atoms with E-state index in [1.165, 1.54) is 0 Å². The van der Waals surface area contributed by atoms with Gasteiger partial charge in [0.05, 0.1) is 19.4 Å². The summed E-state index contributed by atoms with van der Waals surface area (Å²) in [5, 5.41) is 5.50. The van der Waals surface area contributed by atoms with E-state index in [1.54, 1.807) is 31.4 Å².